The topological polar surface area (TPSA) is 106 Å². The van der Waals surface area contributed by atoms with Gasteiger partial charge in [0.05, 0.1) is 6.54 Å². The van der Waals surface area contributed by atoms with Gasteiger partial charge in [-0.15, -0.1) is 24.0 Å². The van der Waals surface area contributed by atoms with Crippen molar-refractivity contribution in [1.29, 1.82) is 0 Å². The van der Waals surface area contributed by atoms with Gasteiger partial charge in [-0.1, -0.05) is 0 Å². The molecule has 2 heterocycles. The number of aromatic nitrogens is 3. The van der Waals surface area contributed by atoms with Gasteiger partial charge in [-0.2, -0.15) is 5.10 Å². The fraction of sp³-hybridized carbons (Fsp3) is 0.800. The molecule has 1 atom stereocenters. The van der Waals surface area contributed by atoms with E-state index < -0.39 is 5.60 Å². The van der Waals surface area contributed by atoms with Crippen LogP contribution in [-0.2, 0) is 29.0 Å². The normalized spacial score (nSPS) is 18.6. The fourth-order valence-electron chi connectivity index (χ4n) is 3.48. The van der Waals surface area contributed by atoms with Gasteiger partial charge in [-0.05, 0) is 40.0 Å². The first-order valence-corrected chi connectivity index (χ1v) is 10.7. The van der Waals surface area contributed by atoms with Crippen molar-refractivity contribution in [3.63, 3.8) is 0 Å². The Morgan fingerprint density at radius 3 is 2.68 bits per heavy atom. The largest absolute Gasteiger partial charge is 0.444 e. The highest BCUT2D eigenvalue weighted by molar-refractivity contribution is 14.0. The Hall–Kier alpha value is -1.63. The predicted octanol–water partition coefficient (Wildman–Crippen LogP) is 1.92. The number of halogens is 1. The number of guanidine groups is 1. The lowest BCUT2D eigenvalue weighted by Crippen LogP contribution is -2.49. The summed E-state index contributed by atoms with van der Waals surface area (Å²) in [4.78, 5) is 23.1. The Labute approximate surface area is 201 Å². The number of methoxy groups -OCH3 is 1. The zero-order chi connectivity index (χ0) is 21.7. The Morgan fingerprint density at radius 2 is 2.06 bits per heavy atom. The molecule has 0 radical (unpaired) electrons. The summed E-state index contributed by atoms with van der Waals surface area (Å²) in [5.74, 6) is 2.44. The van der Waals surface area contributed by atoms with E-state index in [-0.39, 0.29) is 36.1 Å². The minimum absolute atomic E-state index is 0. The second-order valence-electron chi connectivity index (χ2n) is 8.84. The molecule has 11 heteroatoms. The minimum atomic E-state index is -0.487. The molecule has 1 aliphatic carbocycles. The van der Waals surface area contributed by atoms with Crippen molar-refractivity contribution >= 4 is 36.0 Å². The van der Waals surface area contributed by atoms with Crippen LogP contribution in [0.15, 0.2) is 4.99 Å². The number of rotatable bonds is 7. The quantitative estimate of drug-likeness (QED) is 0.304. The lowest BCUT2D eigenvalue weighted by Gasteiger charge is -2.28. The maximum Gasteiger partial charge on any atom is 0.410 e. The summed E-state index contributed by atoms with van der Waals surface area (Å²) in [6.45, 7) is 8.03. The SMILES string of the molecule is CN=C(NCCN(C(=O)OC(C)(C)C)C1CC1)NC1CCc2nc(COC)nn2C1.I. The van der Waals surface area contributed by atoms with Crippen molar-refractivity contribution in [2.45, 2.75) is 77.3 Å². The number of fused-ring (bicyclic) bond motifs is 1. The number of aryl methyl sites for hydroxylation is 1. The maximum absolute atomic E-state index is 12.5. The third-order valence-corrected chi connectivity index (χ3v) is 5.00. The van der Waals surface area contributed by atoms with Gasteiger partial charge in [0.2, 0.25) is 0 Å². The average molecular weight is 549 g/mol. The Morgan fingerprint density at radius 1 is 1.32 bits per heavy atom. The number of aliphatic imine (C=N–C) groups is 1. The molecule has 0 bridgehead atoms. The van der Waals surface area contributed by atoms with E-state index in [1.807, 2.05) is 30.4 Å². The van der Waals surface area contributed by atoms with Crippen LogP contribution in [0, 0.1) is 0 Å². The lowest BCUT2D eigenvalue weighted by molar-refractivity contribution is 0.0237. The van der Waals surface area contributed by atoms with Crippen LogP contribution in [0.1, 0.15) is 51.7 Å². The Bertz CT molecular complexity index is 758. The van der Waals surface area contributed by atoms with Gasteiger partial charge in [0.15, 0.2) is 11.8 Å². The third-order valence-electron chi connectivity index (χ3n) is 5.00. The van der Waals surface area contributed by atoms with E-state index in [0.29, 0.717) is 25.7 Å². The third kappa shape index (κ3) is 7.78. The molecule has 1 aliphatic heterocycles. The van der Waals surface area contributed by atoms with Crippen molar-refractivity contribution in [3.05, 3.63) is 11.6 Å². The standard InChI is InChI=1S/C20H35N7O3.HI/c1-20(2,3)30-19(28)26(15-7-8-15)11-10-22-18(21-4)23-14-6-9-17-24-16(13-29-5)25-27(17)12-14;/h14-15H,6-13H2,1-5H3,(H2,21,22,23);1H. The van der Waals surface area contributed by atoms with E-state index in [2.05, 4.69) is 25.7 Å². The number of nitrogens with zero attached hydrogens (tertiary/aromatic N) is 5. The molecule has 0 saturated heterocycles. The van der Waals surface area contributed by atoms with Crippen LogP contribution in [-0.4, -0.2) is 76.6 Å². The summed E-state index contributed by atoms with van der Waals surface area (Å²) < 4.78 is 12.6. The summed E-state index contributed by atoms with van der Waals surface area (Å²) in [5, 5.41) is 11.3. The lowest BCUT2D eigenvalue weighted by atomic mass is 10.1. The number of carbonyl (C=O) groups is 1. The highest BCUT2D eigenvalue weighted by Crippen LogP contribution is 2.28. The van der Waals surface area contributed by atoms with Crippen LogP contribution in [0.3, 0.4) is 0 Å². The average Bonchev–Trinajstić information content (AvgIpc) is 3.42. The second-order valence-corrected chi connectivity index (χ2v) is 8.84. The van der Waals surface area contributed by atoms with E-state index in [0.717, 1.165) is 49.8 Å². The summed E-state index contributed by atoms with van der Waals surface area (Å²) in [7, 11) is 3.40. The Balaban J connectivity index is 0.00000341. The number of amides is 1. The molecule has 1 aromatic rings. The van der Waals surface area contributed by atoms with E-state index in [9.17, 15) is 4.79 Å². The van der Waals surface area contributed by atoms with E-state index in [1.54, 1.807) is 14.2 Å². The van der Waals surface area contributed by atoms with Gasteiger partial charge < -0.3 is 25.0 Å². The van der Waals surface area contributed by atoms with Gasteiger partial charge in [-0.25, -0.2) is 14.5 Å². The molecule has 1 amide bonds. The van der Waals surface area contributed by atoms with Crippen molar-refractivity contribution in [1.82, 2.24) is 30.3 Å². The molecule has 3 rings (SSSR count). The van der Waals surface area contributed by atoms with E-state index in [4.69, 9.17) is 9.47 Å². The zero-order valence-corrected chi connectivity index (χ0v) is 21.5. The highest BCUT2D eigenvalue weighted by Gasteiger charge is 2.35. The van der Waals surface area contributed by atoms with Crippen LogP contribution in [0.4, 0.5) is 4.79 Å². The number of hydrogen-bond acceptors (Lipinski definition) is 6. The van der Waals surface area contributed by atoms with Gasteiger partial charge in [0.25, 0.3) is 0 Å². The summed E-state index contributed by atoms with van der Waals surface area (Å²) in [6, 6.07) is 0.508. The van der Waals surface area contributed by atoms with Crippen LogP contribution < -0.4 is 10.6 Å². The van der Waals surface area contributed by atoms with Crippen molar-refractivity contribution in [3.8, 4) is 0 Å². The molecule has 0 aromatic carbocycles. The smallest absolute Gasteiger partial charge is 0.410 e. The van der Waals surface area contributed by atoms with Gasteiger partial charge >= 0.3 is 6.09 Å². The zero-order valence-electron chi connectivity index (χ0n) is 19.2. The molecule has 2 aliphatic rings. The van der Waals surface area contributed by atoms with Crippen molar-refractivity contribution in [2.75, 3.05) is 27.2 Å². The maximum atomic E-state index is 12.5. The number of carbonyl (C=O) groups excluding carboxylic acids is 1. The molecule has 1 fully saturated rings. The van der Waals surface area contributed by atoms with Crippen LogP contribution in [0.2, 0.25) is 0 Å². The predicted molar refractivity (Wildman–Crippen MR) is 129 cm³/mol. The number of ether oxygens (including phenoxy) is 2. The Kier molecular flexibility index (Phi) is 9.34. The molecule has 2 N–H and O–H groups in total. The molecule has 10 nitrogen and oxygen atoms in total. The molecule has 176 valence electrons. The number of hydrogen-bond donors (Lipinski definition) is 2. The van der Waals surface area contributed by atoms with Gasteiger partial charge in [0, 0.05) is 45.8 Å². The van der Waals surface area contributed by atoms with E-state index >= 15 is 0 Å². The first-order valence-electron chi connectivity index (χ1n) is 10.7. The van der Waals surface area contributed by atoms with E-state index in [1.165, 1.54) is 0 Å². The number of nitrogens with one attached hydrogen (secondary N) is 2. The molecular weight excluding hydrogens is 513 g/mol. The second kappa shape index (κ2) is 11.3. The molecule has 31 heavy (non-hydrogen) atoms. The molecule has 1 saturated carbocycles. The molecular formula is C20H36IN7O3. The van der Waals surface area contributed by atoms with Gasteiger partial charge in [-0.3, -0.25) is 4.99 Å². The van der Waals surface area contributed by atoms with Gasteiger partial charge in [0.1, 0.15) is 18.0 Å². The molecule has 1 aromatic heterocycles. The highest BCUT2D eigenvalue weighted by atomic mass is 127. The first kappa shape index (κ1) is 25.6. The van der Waals surface area contributed by atoms with Crippen molar-refractivity contribution < 1.29 is 14.3 Å². The van der Waals surface area contributed by atoms with Crippen LogP contribution in [0.25, 0.3) is 0 Å². The van der Waals surface area contributed by atoms with Crippen molar-refractivity contribution in [2.24, 2.45) is 4.99 Å². The monoisotopic (exact) mass is 549 g/mol. The molecule has 1 unspecified atom stereocenters. The summed E-state index contributed by atoms with van der Waals surface area (Å²) >= 11 is 0. The first-order chi connectivity index (χ1) is 14.3. The summed E-state index contributed by atoms with van der Waals surface area (Å²) in [6.07, 6.45) is 3.66. The van der Waals surface area contributed by atoms with Crippen LogP contribution >= 0.6 is 24.0 Å². The summed E-state index contributed by atoms with van der Waals surface area (Å²) in [5.41, 5.74) is -0.487. The van der Waals surface area contributed by atoms with Crippen LogP contribution in [0.5, 0.6) is 0 Å². The fourth-order valence-corrected chi connectivity index (χ4v) is 3.48. The minimum Gasteiger partial charge on any atom is -0.444 e. The molecule has 0 spiro atoms.